The first-order valence-electron chi connectivity index (χ1n) is 22.9. The van der Waals surface area contributed by atoms with Gasteiger partial charge in [0.15, 0.2) is 0 Å². The molecule has 1 heterocycles. The van der Waals surface area contributed by atoms with Gasteiger partial charge in [-0.15, -0.1) is 0 Å². The standard InChI is InChI=1S/C51H70N8O8/c1-9-10-11-12-25-65-39-17-14-37(15-18-39)34(6)55-35(7)46(31(2)3)48(60)58-42(21-22-52)50(62)59(8)47-38-16-20-45(67-27-24-54)41(30-38)40-28-36(13-19-44(40)66-26-23-53)29-43(51(63)64)56-32(4)33(5)57-49(47)61/h13-20,28,30,33,42-43,47,56H,4,6,9-12,21-27,29,52-54H2,1-3,5,7-8H3,(H,57,61)(H,58,60)(H,63,64)/b55-35-/t33-,42-,43?,47?/m0/s1. The van der Waals surface area contributed by atoms with Crippen LogP contribution in [0.25, 0.3) is 16.8 Å². The quantitative estimate of drug-likeness (QED) is 0.0380. The van der Waals surface area contributed by atoms with Crippen molar-refractivity contribution in [2.75, 3.05) is 46.5 Å². The summed E-state index contributed by atoms with van der Waals surface area (Å²) < 4.78 is 18.1. The molecule has 10 N–H and O–H groups in total. The van der Waals surface area contributed by atoms with Crippen LogP contribution in [0.5, 0.6) is 17.2 Å². The molecule has 16 nitrogen and oxygen atoms in total. The molecule has 2 unspecified atom stereocenters. The SMILES string of the molecule is C=C(/N=C(/C)C(C(=O)N[C@@H](CCN)C(=O)N(C)C1C(=O)N[C@@H](C)C(=C)NC(C(=O)O)Cc2ccc(OCCN)c(c2)-c2cc1ccc2OCCN)=C(C)C)c1ccc(OCCCCCC)cc1. The van der Waals surface area contributed by atoms with E-state index in [0.29, 0.717) is 57.3 Å². The molecular weight excluding hydrogens is 853 g/mol. The van der Waals surface area contributed by atoms with Crippen molar-refractivity contribution in [3.8, 4) is 28.4 Å². The van der Waals surface area contributed by atoms with Crippen LogP contribution in [0.15, 0.2) is 95.7 Å². The van der Waals surface area contributed by atoms with Gasteiger partial charge in [-0.05, 0) is 112 Å². The highest BCUT2D eigenvalue weighted by Gasteiger charge is 2.36. The summed E-state index contributed by atoms with van der Waals surface area (Å²) in [6, 6.07) is 13.5. The van der Waals surface area contributed by atoms with Gasteiger partial charge in [0, 0.05) is 43.4 Å². The van der Waals surface area contributed by atoms with Gasteiger partial charge in [0.2, 0.25) is 11.8 Å². The van der Waals surface area contributed by atoms with Gasteiger partial charge < -0.3 is 57.4 Å². The van der Waals surface area contributed by atoms with Gasteiger partial charge in [-0.1, -0.05) is 57.0 Å². The van der Waals surface area contributed by atoms with Crippen LogP contribution in [0.1, 0.15) is 89.5 Å². The second-order valence-corrected chi connectivity index (χ2v) is 16.8. The van der Waals surface area contributed by atoms with Gasteiger partial charge in [0.05, 0.1) is 29.6 Å². The number of nitrogens with zero attached hydrogens (tertiary/aromatic N) is 2. The Morgan fingerprint density at radius 1 is 0.881 bits per heavy atom. The Hall–Kier alpha value is -6.49. The average molecular weight is 923 g/mol. The van der Waals surface area contributed by atoms with E-state index >= 15 is 0 Å². The predicted molar refractivity (Wildman–Crippen MR) is 264 cm³/mol. The Kier molecular flexibility index (Phi) is 20.6. The summed E-state index contributed by atoms with van der Waals surface area (Å²) in [5.41, 5.74) is 22.5. The molecule has 4 bridgehead atoms. The number of amides is 3. The fourth-order valence-corrected chi connectivity index (χ4v) is 7.71. The lowest BCUT2D eigenvalue weighted by Gasteiger charge is -2.33. The minimum Gasteiger partial charge on any atom is -0.494 e. The summed E-state index contributed by atoms with van der Waals surface area (Å²) in [4.78, 5) is 62.2. The fourth-order valence-electron chi connectivity index (χ4n) is 7.71. The van der Waals surface area contributed by atoms with Crippen LogP contribution in [-0.2, 0) is 25.6 Å². The van der Waals surface area contributed by atoms with E-state index in [0.717, 1.165) is 30.6 Å². The van der Waals surface area contributed by atoms with E-state index < -0.39 is 47.9 Å². The van der Waals surface area contributed by atoms with E-state index in [2.05, 4.69) is 36.0 Å². The number of fused-ring (bicyclic) bond motifs is 5. The number of ether oxygens (including phenoxy) is 3. The van der Waals surface area contributed by atoms with E-state index in [4.69, 9.17) is 36.4 Å². The molecule has 1 aliphatic rings. The molecule has 3 aromatic carbocycles. The maximum Gasteiger partial charge on any atom is 0.326 e. The molecule has 3 aromatic rings. The molecule has 4 atom stereocenters. The van der Waals surface area contributed by atoms with Crippen molar-refractivity contribution in [3.05, 3.63) is 107 Å². The zero-order valence-corrected chi connectivity index (χ0v) is 39.9. The number of likely N-dealkylation sites (N-methyl/N-ethyl adjacent to an activating group) is 1. The third-order valence-corrected chi connectivity index (χ3v) is 11.3. The number of hydrogen-bond acceptors (Lipinski definition) is 12. The summed E-state index contributed by atoms with van der Waals surface area (Å²) in [5, 5.41) is 19.0. The zero-order chi connectivity index (χ0) is 49.2. The van der Waals surface area contributed by atoms with Crippen molar-refractivity contribution >= 4 is 35.1 Å². The zero-order valence-electron chi connectivity index (χ0n) is 39.9. The summed E-state index contributed by atoms with van der Waals surface area (Å²) in [5.74, 6) is -1.33. The van der Waals surface area contributed by atoms with Crippen LogP contribution < -0.4 is 47.4 Å². The van der Waals surface area contributed by atoms with Gasteiger partial charge in [0.1, 0.15) is 48.6 Å². The van der Waals surface area contributed by atoms with E-state index in [1.54, 1.807) is 64.1 Å². The number of hydrogen-bond donors (Lipinski definition) is 7. The first kappa shape index (κ1) is 53.1. The van der Waals surface area contributed by atoms with Gasteiger partial charge >= 0.3 is 5.97 Å². The molecule has 0 saturated heterocycles. The number of rotatable bonds is 22. The molecule has 0 radical (unpaired) electrons. The number of benzene rings is 3. The van der Waals surface area contributed by atoms with Crippen molar-refractivity contribution < 1.29 is 38.5 Å². The fraction of sp³-hybridized carbons (Fsp3) is 0.431. The van der Waals surface area contributed by atoms with Gasteiger partial charge in [-0.3, -0.25) is 19.4 Å². The number of carboxylic acid groups (broad SMARTS) is 1. The number of carbonyl (C=O) groups is 4. The maximum atomic E-state index is 14.8. The van der Waals surface area contributed by atoms with Gasteiger partial charge in [-0.25, -0.2) is 4.79 Å². The van der Waals surface area contributed by atoms with Crippen molar-refractivity contribution in [2.45, 2.75) is 97.3 Å². The summed E-state index contributed by atoms with van der Waals surface area (Å²) in [7, 11) is 1.47. The minimum absolute atomic E-state index is 0.0282. The molecule has 0 aromatic heterocycles. The van der Waals surface area contributed by atoms with E-state index in [-0.39, 0.29) is 57.0 Å². The summed E-state index contributed by atoms with van der Waals surface area (Å²) >= 11 is 0. The Bertz CT molecular complexity index is 2290. The van der Waals surface area contributed by atoms with Crippen LogP contribution in [0, 0.1) is 0 Å². The highest BCUT2D eigenvalue weighted by Crippen LogP contribution is 2.40. The number of nitrogens with one attached hydrogen (secondary N) is 3. The van der Waals surface area contributed by atoms with Crippen molar-refractivity contribution in [1.29, 1.82) is 0 Å². The Morgan fingerprint density at radius 3 is 2.12 bits per heavy atom. The first-order chi connectivity index (χ1) is 32.0. The molecule has 0 spiro atoms. The lowest BCUT2D eigenvalue weighted by Crippen LogP contribution is -2.53. The lowest BCUT2D eigenvalue weighted by molar-refractivity contribution is -0.142. The lowest BCUT2D eigenvalue weighted by atomic mass is 9.93. The van der Waals surface area contributed by atoms with E-state index in [1.165, 1.54) is 18.4 Å². The molecule has 362 valence electrons. The monoisotopic (exact) mass is 923 g/mol. The predicted octanol–water partition coefficient (Wildman–Crippen LogP) is 5.41. The molecule has 67 heavy (non-hydrogen) atoms. The molecular formula is C51H70N8O8. The van der Waals surface area contributed by atoms with Crippen LogP contribution in [0.3, 0.4) is 0 Å². The second-order valence-electron chi connectivity index (χ2n) is 16.8. The molecule has 3 amide bonds. The van der Waals surface area contributed by atoms with Crippen LogP contribution in [-0.4, -0.2) is 104 Å². The second kappa shape index (κ2) is 26.0. The third kappa shape index (κ3) is 14.8. The largest absolute Gasteiger partial charge is 0.494 e. The number of aliphatic imine (C=N–C) groups is 1. The first-order valence-corrected chi connectivity index (χ1v) is 22.9. The number of aliphatic carboxylic acids is 1. The van der Waals surface area contributed by atoms with E-state index in [1.807, 2.05) is 24.3 Å². The van der Waals surface area contributed by atoms with Gasteiger partial charge in [0.25, 0.3) is 5.91 Å². The molecule has 16 heteroatoms. The number of carboxylic acids is 1. The summed E-state index contributed by atoms with van der Waals surface area (Å²) in [6.45, 7) is 18.7. The van der Waals surface area contributed by atoms with Crippen LogP contribution >= 0.6 is 0 Å². The number of allylic oxidation sites excluding steroid dienone is 1. The molecule has 0 fully saturated rings. The topological polar surface area (TPSA) is 246 Å². The van der Waals surface area contributed by atoms with Gasteiger partial charge in [-0.2, -0.15) is 0 Å². The van der Waals surface area contributed by atoms with Crippen molar-refractivity contribution in [2.24, 2.45) is 22.2 Å². The Balaban J connectivity index is 1.73. The highest BCUT2D eigenvalue weighted by molar-refractivity contribution is 6.22. The van der Waals surface area contributed by atoms with Crippen molar-refractivity contribution in [3.63, 3.8) is 0 Å². The van der Waals surface area contributed by atoms with E-state index in [9.17, 15) is 24.3 Å². The Labute approximate surface area is 395 Å². The Morgan fingerprint density at radius 2 is 1.52 bits per heavy atom. The smallest absolute Gasteiger partial charge is 0.326 e. The third-order valence-electron chi connectivity index (χ3n) is 11.3. The maximum absolute atomic E-state index is 14.8. The van der Waals surface area contributed by atoms with Crippen LogP contribution in [0.4, 0.5) is 0 Å². The summed E-state index contributed by atoms with van der Waals surface area (Å²) in [6.07, 6.45) is 4.53. The molecule has 1 aliphatic heterocycles. The number of nitrogens with two attached hydrogens (primary N) is 3. The number of carbonyl (C=O) groups excluding carboxylic acids is 3. The molecule has 4 rings (SSSR count). The average Bonchev–Trinajstić information content (AvgIpc) is 3.29. The van der Waals surface area contributed by atoms with Crippen LogP contribution in [0.2, 0.25) is 0 Å². The molecule has 0 saturated carbocycles. The highest BCUT2D eigenvalue weighted by atomic mass is 16.5. The minimum atomic E-state index is -1.30. The number of unbranched alkanes of at least 4 members (excludes halogenated alkanes) is 3. The molecule has 0 aliphatic carbocycles. The normalized spacial score (nSPS) is 16.6. The van der Waals surface area contributed by atoms with Crippen molar-refractivity contribution in [1.82, 2.24) is 20.9 Å².